The van der Waals surface area contributed by atoms with Gasteiger partial charge in [0.05, 0.1) is 22.3 Å². The Morgan fingerprint density at radius 1 is 1.65 bits per heavy atom. The Balaban J connectivity index is 2.45. The predicted octanol–water partition coefficient (Wildman–Crippen LogP) is 2.49. The third-order valence-corrected chi connectivity index (χ3v) is 3.25. The van der Waals surface area contributed by atoms with Crippen LogP contribution in [-0.2, 0) is 4.79 Å². The molecule has 0 aliphatic rings. The van der Waals surface area contributed by atoms with Gasteiger partial charge in [0.2, 0.25) is 5.91 Å². The average molecular weight is 288 g/mol. The lowest BCUT2D eigenvalue weighted by Crippen LogP contribution is -2.35. The summed E-state index contributed by atoms with van der Waals surface area (Å²) in [6.07, 6.45) is 7.02. The molecule has 1 atom stereocenters. The number of anilines is 1. The topological polar surface area (TPSA) is 68.0 Å². The minimum atomic E-state index is -0.760. The van der Waals surface area contributed by atoms with E-state index in [1.807, 2.05) is 13.0 Å². The molecule has 0 aliphatic carbocycles. The van der Waals surface area contributed by atoms with Gasteiger partial charge in [-0.15, -0.1) is 12.3 Å². The fourth-order valence-electron chi connectivity index (χ4n) is 1.94. The molecule has 0 saturated carbocycles. The van der Waals surface area contributed by atoms with Gasteiger partial charge in [0, 0.05) is 18.0 Å². The monoisotopic (exact) mass is 287 g/mol. The molecule has 1 amide bonds. The number of hydrogen-bond acceptors (Lipinski definition) is 3. The number of aryl methyl sites for hydroxylation is 1. The van der Waals surface area contributed by atoms with Crippen LogP contribution in [0.4, 0.5) is 5.69 Å². The van der Waals surface area contributed by atoms with E-state index in [2.05, 4.69) is 16.2 Å². The lowest BCUT2D eigenvalue weighted by Gasteiger charge is -2.14. The molecule has 1 heterocycles. The molecule has 20 heavy (non-hydrogen) atoms. The van der Waals surface area contributed by atoms with Crippen LogP contribution >= 0.6 is 11.6 Å². The summed E-state index contributed by atoms with van der Waals surface area (Å²) in [5.41, 5.74) is 7.93. The molecule has 0 fully saturated rings. The van der Waals surface area contributed by atoms with Crippen LogP contribution in [0.3, 0.4) is 0 Å². The number of rotatable bonds is 3. The highest BCUT2D eigenvalue weighted by Crippen LogP contribution is 2.32. The van der Waals surface area contributed by atoms with Crippen LogP contribution < -0.4 is 11.1 Å². The third-order valence-electron chi connectivity index (χ3n) is 2.96. The van der Waals surface area contributed by atoms with Gasteiger partial charge in [0.15, 0.2) is 0 Å². The molecule has 0 bridgehead atoms. The second kappa shape index (κ2) is 5.91. The van der Waals surface area contributed by atoms with Gasteiger partial charge in [-0.05, 0) is 30.7 Å². The number of terminal acetylenes is 1. The molecule has 0 radical (unpaired) electrons. The standard InChI is InChI=1S/C15H14ClN3O/c1-3-5-12(17)15(20)19-14-10-6-4-7-18-13(10)9(2)8-11(14)16/h1,4,6-8,12H,5,17H2,2H3,(H,19,20). The summed E-state index contributed by atoms with van der Waals surface area (Å²) in [5, 5.41) is 3.96. The lowest BCUT2D eigenvalue weighted by atomic mass is 10.1. The van der Waals surface area contributed by atoms with Gasteiger partial charge < -0.3 is 11.1 Å². The first kappa shape index (κ1) is 14.3. The van der Waals surface area contributed by atoms with Gasteiger partial charge in [0.25, 0.3) is 0 Å². The molecule has 0 spiro atoms. The van der Waals surface area contributed by atoms with Crippen LogP contribution in [0.2, 0.25) is 5.02 Å². The summed E-state index contributed by atoms with van der Waals surface area (Å²) >= 11 is 6.21. The van der Waals surface area contributed by atoms with Crippen LogP contribution in [0, 0.1) is 19.3 Å². The zero-order chi connectivity index (χ0) is 14.7. The molecule has 1 unspecified atom stereocenters. The zero-order valence-corrected chi connectivity index (χ0v) is 11.7. The maximum Gasteiger partial charge on any atom is 0.242 e. The smallest absolute Gasteiger partial charge is 0.242 e. The van der Waals surface area contributed by atoms with Crippen molar-refractivity contribution in [3.8, 4) is 12.3 Å². The first-order valence-corrected chi connectivity index (χ1v) is 6.46. The highest BCUT2D eigenvalue weighted by atomic mass is 35.5. The maximum atomic E-state index is 12.0. The Labute approximate surface area is 122 Å². The molecule has 0 aliphatic heterocycles. The molecule has 4 nitrogen and oxygen atoms in total. The van der Waals surface area contributed by atoms with Crippen molar-refractivity contribution in [1.29, 1.82) is 0 Å². The van der Waals surface area contributed by atoms with E-state index in [-0.39, 0.29) is 12.3 Å². The Morgan fingerprint density at radius 3 is 3.10 bits per heavy atom. The van der Waals surface area contributed by atoms with Crippen LogP contribution in [0.15, 0.2) is 24.4 Å². The van der Waals surface area contributed by atoms with Crippen molar-refractivity contribution < 1.29 is 4.79 Å². The number of hydrogen-bond donors (Lipinski definition) is 2. The van der Waals surface area contributed by atoms with Crippen molar-refractivity contribution >= 4 is 34.1 Å². The van der Waals surface area contributed by atoms with E-state index in [4.69, 9.17) is 23.8 Å². The van der Waals surface area contributed by atoms with Crippen LogP contribution in [0.1, 0.15) is 12.0 Å². The number of carbonyl (C=O) groups is 1. The van der Waals surface area contributed by atoms with Crippen molar-refractivity contribution in [3.05, 3.63) is 35.0 Å². The molecular formula is C15H14ClN3O. The van der Waals surface area contributed by atoms with Crippen molar-refractivity contribution in [2.24, 2.45) is 5.73 Å². The molecule has 0 saturated heterocycles. The van der Waals surface area contributed by atoms with Crippen molar-refractivity contribution in [1.82, 2.24) is 4.98 Å². The van der Waals surface area contributed by atoms with Crippen molar-refractivity contribution in [3.63, 3.8) is 0 Å². The van der Waals surface area contributed by atoms with E-state index in [0.717, 1.165) is 16.5 Å². The number of nitrogens with one attached hydrogen (secondary N) is 1. The second-order valence-electron chi connectivity index (χ2n) is 4.45. The molecule has 3 N–H and O–H groups in total. The highest BCUT2D eigenvalue weighted by Gasteiger charge is 2.16. The number of fused-ring (bicyclic) bond motifs is 1. The maximum absolute atomic E-state index is 12.0. The van der Waals surface area contributed by atoms with E-state index in [0.29, 0.717) is 10.7 Å². The quantitative estimate of drug-likeness (QED) is 0.852. The zero-order valence-electron chi connectivity index (χ0n) is 11.0. The number of nitrogens with two attached hydrogens (primary N) is 1. The van der Waals surface area contributed by atoms with Crippen LogP contribution in [-0.4, -0.2) is 16.9 Å². The van der Waals surface area contributed by atoms with E-state index in [1.54, 1.807) is 18.3 Å². The fraction of sp³-hybridized carbons (Fsp3) is 0.200. The molecule has 2 rings (SSSR count). The third kappa shape index (κ3) is 2.74. The first-order chi connectivity index (χ1) is 9.54. The van der Waals surface area contributed by atoms with Crippen molar-refractivity contribution in [2.75, 3.05) is 5.32 Å². The minimum absolute atomic E-state index is 0.172. The van der Waals surface area contributed by atoms with E-state index >= 15 is 0 Å². The number of halogens is 1. The number of amides is 1. The van der Waals surface area contributed by atoms with Gasteiger partial charge in [0.1, 0.15) is 0 Å². The SMILES string of the molecule is C#CCC(N)C(=O)Nc1c(Cl)cc(C)c2ncccc12. The Morgan fingerprint density at radius 2 is 2.40 bits per heavy atom. The second-order valence-corrected chi connectivity index (χ2v) is 4.86. The highest BCUT2D eigenvalue weighted by molar-refractivity contribution is 6.35. The summed E-state index contributed by atoms with van der Waals surface area (Å²) in [6.45, 7) is 1.91. The molecular weight excluding hydrogens is 274 g/mol. The summed E-state index contributed by atoms with van der Waals surface area (Å²) in [5.74, 6) is 2.00. The normalized spacial score (nSPS) is 11.9. The predicted molar refractivity (Wildman–Crippen MR) is 81.5 cm³/mol. The molecule has 2 aromatic rings. The Kier molecular flexibility index (Phi) is 4.23. The average Bonchev–Trinajstić information content (AvgIpc) is 2.43. The first-order valence-electron chi connectivity index (χ1n) is 6.08. The number of nitrogens with zero attached hydrogens (tertiary/aromatic N) is 1. The van der Waals surface area contributed by atoms with Gasteiger partial charge in [-0.1, -0.05) is 11.6 Å². The van der Waals surface area contributed by atoms with E-state index in [1.165, 1.54) is 0 Å². The van der Waals surface area contributed by atoms with E-state index in [9.17, 15) is 4.79 Å². The molecule has 1 aromatic heterocycles. The Hall–Kier alpha value is -2.09. The van der Waals surface area contributed by atoms with Crippen molar-refractivity contribution in [2.45, 2.75) is 19.4 Å². The number of aromatic nitrogens is 1. The summed E-state index contributed by atoms with van der Waals surface area (Å²) in [4.78, 5) is 16.3. The number of carbonyl (C=O) groups excluding carboxylic acids is 1. The van der Waals surface area contributed by atoms with Crippen LogP contribution in [0.25, 0.3) is 10.9 Å². The molecule has 102 valence electrons. The fourth-order valence-corrected chi connectivity index (χ4v) is 2.26. The summed E-state index contributed by atoms with van der Waals surface area (Å²) in [7, 11) is 0. The summed E-state index contributed by atoms with van der Waals surface area (Å²) < 4.78 is 0. The van der Waals surface area contributed by atoms with E-state index < -0.39 is 6.04 Å². The number of pyridine rings is 1. The number of benzene rings is 1. The van der Waals surface area contributed by atoms with Gasteiger partial charge >= 0.3 is 0 Å². The minimum Gasteiger partial charge on any atom is -0.323 e. The summed E-state index contributed by atoms with van der Waals surface area (Å²) in [6, 6.07) is 4.64. The van der Waals surface area contributed by atoms with Gasteiger partial charge in [-0.2, -0.15) is 0 Å². The van der Waals surface area contributed by atoms with Gasteiger partial charge in [-0.3, -0.25) is 9.78 Å². The molecule has 1 aromatic carbocycles. The molecule has 5 heteroatoms. The van der Waals surface area contributed by atoms with Crippen LogP contribution in [0.5, 0.6) is 0 Å². The largest absolute Gasteiger partial charge is 0.323 e. The lowest BCUT2D eigenvalue weighted by molar-refractivity contribution is -0.117. The Bertz CT molecular complexity index is 706. The van der Waals surface area contributed by atoms with Gasteiger partial charge in [-0.25, -0.2) is 0 Å².